The van der Waals surface area contributed by atoms with Crippen LogP contribution in [0.25, 0.3) is 0 Å². The average Bonchev–Trinajstić information content (AvgIpc) is 2.51. The number of nitrogens with one attached hydrogen (secondary N) is 2. The number of phenols is 1. The van der Waals surface area contributed by atoms with Crippen molar-refractivity contribution in [2.45, 2.75) is 6.92 Å². The van der Waals surface area contributed by atoms with Gasteiger partial charge in [0.15, 0.2) is 5.11 Å². The van der Waals surface area contributed by atoms with E-state index in [-0.39, 0.29) is 22.1 Å². The highest BCUT2D eigenvalue weighted by atomic mass is 79.9. The summed E-state index contributed by atoms with van der Waals surface area (Å²) in [5, 5.41) is 25.8. The second-order valence-corrected chi connectivity index (χ2v) is 7.07. The van der Waals surface area contributed by atoms with Crippen molar-refractivity contribution >= 4 is 66.5 Å². The molecular formula is C15H11Br2N3O4S. The third-order valence-electron chi connectivity index (χ3n) is 3.16. The summed E-state index contributed by atoms with van der Waals surface area (Å²) in [7, 11) is 0. The molecule has 3 N–H and O–H groups in total. The number of thiocarbonyl (C=S) groups is 1. The van der Waals surface area contributed by atoms with Crippen molar-refractivity contribution < 1.29 is 14.8 Å². The van der Waals surface area contributed by atoms with Crippen molar-refractivity contribution in [1.29, 1.82) is 0 Å². The molecule has 2 aromatic rings. The van der Waals surface area contributed by atoms with Crippen LogP contribution in [0.15, 0.2) is 39.3 Å². The Morgan fingerprint density at radius 1 is 1.24 bits per heavy atom. The van der Waals surface area contributed by atoms with Gasteiger partial charge >= 0.3 is 0 Å². The number of benzene rings is 2. The monoisotopic (exact) mass is 487 g/mol. The largest absolute Gasteiger partial charge is 0.506 e. The van der Waals surface area contributed by atoms with Crippen molar-refractivity contribution in [3.05, 3.63) is 60.5 Å². The number of nitrogens with zero attached hydrogens (tertiary/aromatic N) is 1. The molecule has 2 aromatic carbocycles. The lowest BCUT2D eigenvalue weighted by Crippen LogP contribution is -2.34. The topological polar surface area (TPSA) is 104 Å². The summed E-state index contributed by atoms with van der Waals surface area (Å²) in [6, 6.07) is 7.23. The van der Waals surface area contributed by atoms with E-state index in [0.29, 0.717) is 20.2 Å². The van der Waals surface area contributed by atoms with Gasteiger partial charge in [0.05, 0.1) is 13.9 Å². The van der Waals surface area contributed by atoms with E-state index < -0.39 is 10.8 Å². The van der Waals surface area contributed by atoms with Crippen molar-refractivity contribution in [1.82, 2.24) is 5.32 Å². The zero-order valence-electron chi connectivity index (χ0n) is 12.7. The number of hydrogen-bond donors (Lipinski definition) is 3. The normalized spacial score (nSPS) is 10.2. The summed E-state index contributed by atoms with van der Waals surface area (Å²) in [5.41, 5.74) is 1.11. The van der Waals surface area contributed by atoms with Crippen molar-refractivity contribution in [3.63, 3.8) is 0 Å². The first-order valence-corrected chi connectivity index (χ1v) is 8.74. The number of hydrogen-bond acceptors (Lipinski definition) is 5. The number of phenolic OH excluding ortho intramolecular Hbond substituents is 1. The summed E-state index contributed by atoms with van der Waals surface area (Å²) < 4.78 is 0.897. The number of nitro groups is 1. The number of amides is 1. The van der Waals surface area contributed by atoms with Crippen LogP contribution >= 0.6 is 44.1 Å². The van der Waals surface area contributed by atoms with Gasteiger partial charge in [-0.3, -0.25) is 20.2 Å². The van der Waals surface area contributed by atoms with E-state index in [0.717, 1.165) is 0 Å². The molecule has 0 spiro atoms. The summed E-state index contributed by atoms with van der Waals surface area (Å²) in [4.78, 5) is 22.5. The van der Waals surface area contributed by atoms with E-state index in [1.54, 1.807) is 19.1 Å². The summed E-state index contributed by atoms with van der Waals surface area (Å²) >= 11 is 11.5. The maximum Gasteiger partial charge on any atom is 0.272 e. The highest BCUT2D eigenvalue weighted by molar-refractivity contribution is 9.11. The number of rotatable bonds is 3. The number of aryl methyl sites for hydroxylation is 1. The van der Waals surface area contributed by atoms with Crippen LogP contribution in [-0.2, 0) is 0 Å². The zero-order valence-corrected chi connectivity index (χ0v) is 16.7. The fourth-order valence-electron chi connectivity index (χ4n) is 1.98. The van der Waals surface area contributed by atoms with Crippen LogP contribution in [0, 0.1) is 17.0 Å². The SMILES string of the molecule is Cc1cc(C(=O)NC(=S)Nc2cc(Br)c(O)c(Br)c2)ccc1[N+](=O)[O-]. The Bertz CT molecular complexity index is 866. The van der Waals surface area contributed by atoms with Crippen LogP contribution in [0.5, 0.6) is 5.75 Å². The van der Waals surface area contributed by atoms with Gasteiger partial charge in [0, 0.05) is 22.9 Å². The lowest BCUT2D eigenvalue weighted by molar-refractivity contribution is -0.385. The number of anilines is 1. The van der Waals surface area contributed by atoms with E-state index in [1.165, 1.54) is 18.2 Å². The molecular weight excluding hydrogens is 478 g/mol. The molecule has 130 valence electrons. The van der Waals surface area contributed by atoms with Gasteiger partial charge in [0.1, 0.15) is 5.75 Å². The average molecular weight is 489 g/mol. The first-order valence-electron chi connectivity index (χ1n) is 6.74. The lowest BCUT2D eigenvalue weighted by Gasteiger charge is -2.11. The quantitative estimate of drug-likeness (QED) is 0.258. The molecule has 1 amide bonds. The van der Waals surface area contributed by atoms with E-state index in [4.69, 9.17) is 12.2 Å². The Balaban J connectivity index is 2.09. The summed E-state index contributed by atoms with van der Waals surface area (Å²) in [6.07, 6.45) is 0. The van der Waals surface area contributed by atoms with E-state index in [1.807, 2.05) is 0 Å². The minimum Gasteiger partial charge on any atom is -0.506 e. The van der Waals surface area contributed by atoms with Gasteiger partial charge in [-0.25, -0.2) is 0 Å². The van der Waals surface area contributed by atoms with Crippen molar-refractivity contribution in [3.8, 4) is 5.75 Å². The van der Waals surface area contributed by atoms with Crippen LogP contribution in [0.1, 0.15) is 15.9 Å². The fraction of sp³-hybridized carbons (Fsp3) is 0.0667. The first kappa shape index (κ1) is 19.3. The molecule has 2 rings (SSSR count). The molecule has 0 radical (unpaired) electrons. The smallest absolute Gasteiger partial charge is 0.272 e. The lowest BCUT2D eigenvalue weighted by atomic mass is 10.1. The Morgan fingerprint density at radius 2 is 1.84 bits per heavy atom. The van der Waals surface area contributed by atoms with Gasteiger partial charge in [0.2, 0.25) is 0 Å². The van der Waals surface area contributed by atoms with E-state index in [9.17, 15) is 20.0 Å². The molecule has 0 saturated carbocycles. The molecule has 25 heavy (non-hydrogen) atoms. The molecule has 0 saturated heterocycles. The minimum atomic E-state index is -0.510. The molecule has 10 heteroatoms. The van der Waals surface area contributed by atoms with E-state index >= 15 is 0 Å². The molecule has 0 heterocycles. The standard InChI is InChI=1S/C15H11Br2N3O4S/c1-7-4-8(2-3-12(7)20(23)24)14(22)19-15(25)18-9-5-10(16)13(21)11(17)6-9/h2-6,21H,1H3,(H2,18,19,22,25). The molecule has 0 aliphatic rings. The van der Waals surface area contributed by atoms with Crippen LogP contribution < -0.4 is 10.6 Å². The number of aromatic hydroxyl groups is 1. The molecule has 0 aliphatic carbocycles. The van der Waals surface area contributed by atoms with Crippen LogP contribution in [-0.4, -0.2) is 21.0 Å². The third-order valence-corrected chi connectivity index (χ3v) is 4.57. The van der Waals surface area contributed by atoms with Gasteiger partial charge in [-0.15, -0.1) is 0 Å². The Labute approximate surface area is 164 Å². The highest BCUT2D eigenvalue weighted by Crippen LogP contribution is 2.35. The van der Waals surface area contributed by atoms with Crippen LogP contribution in [0.2, 0.25) is 0 Å². The molecule has 0 aliphatic heterocycles. The highest BCUT2D eigenvalue weighted by Gasteiger charge is 2.15. The Kier molecular flexibility index (Phi) is 6.09. The summed E-state index contributed by atoms with van der Waals surface area (Å²) in [6.45, 7) is 1.55. The molecule has 7 nitrogen and oxygen atoms in total. The van der Waals surface area contributed by atoms with Crippen LogP contribution in [0.4, 0.5) is 11.4 Å². The first-order chi connectivity index (χ1) is 11.7. The molecule has 0 atom stereocenters. The number of carbonyl (C=O) groups excluding carboxylic acids is 1. The van der Waals surface area contributed by atoms with Gasteiger partial charge in [-0.1, -0.05) is 0 Å². The molecule has 0 aromatic heterocycles. The van der Waals surface area contributed by atoms with Gasteiger partial charge in [-0.2, -0.15) is 0 Å². The Hall–Kier alpha value is -2.04. The zero-order chi connectivity index (χ0) is 18.7. The fourth-order valence-corrected chi connectivity index (χ4v) is 3.37. The van der Waals surface area contributed by atoms with Crippen LogP contribution in [0.3, 0.4) is 0 Å². The minimum absolute atomic E-state index is 0.0434. The maximum atomic E-state index is 12.2. The van der Waals surface area contributed by atoms with Gasteiger partial charge in [-0.05, 0) is 75.3 Å². The predicted octanol–water partition coefficient (Wildman–Crippen LogP) is 4.26. The van der Waals surface area contributed by atoms with Gasteiger partial charge in [0.25, 0.3) is 11.6 Å². The predicted molar refractivity (Wildman–Crippen MR) is 105 cm³/mol. The summed E-state index contributed by atoms with van der Waals surface area (Å²) in [5.74, 6) is -0.450. The molecule has 0 bridgehead atoms. The van der Waals surface area contributed by atoms with E-state index in [2.05, 4.69) is 42.5 Å². The van der Waals surface area contributed by atoms with Gasteiger partial charge < -0.3 is 10.4 Å². The second kappa shape index (κ2) is 7.89. The molecule has 0 fully saturated rings. The van der Waals surface area contributed by atoms with Crippen molar-refractivity contribution in [2.24, 2.45) is 0 Å². The number of carbonyl (C=O) groups is 1. The van der Waals surface area contributed by atoms with Crippen molar-refractivity contribution in [2.75, 3.05) is 5.32 Å². The second-order valence-electron chi connectivity index (χ2n) is 4.96. The number of halogens is 2. The third kappa shape index (κ3) is 4.74. The number of nitro benzene ring substituents is 1. The Morgan fingerprint density at radius 3 is 2.36 bits per heavy atom. The maximum absolute atomic E-state index is 12.2. The molecule has 0 unspecified atom stereocenters.